The maximum Gasteiger partial charge on any atom is 0.433 e. The molecule has 8 nitrogen and oxygen atoms in total. The van der Waals surface area contributed by atoms with Gasteiger partial charge in [0.15, 0.2) is 17.4 Å². The summed E-state index contributed by atoms with van der Waals surface area (Å²) < 4.78 is 79.6. The van der Waals surface area contributed by atoms with Crippen molar-refractivity contribution in [3.05, 3.63) is 69.9 Å². The SMILES string of the molecule is N=CC12CCCN1c1cc(OCc3cc(F)c(Oc4ccnc(C(F)(F)F)c4)c(F)c3)nc(=O)n1C2. The van der Waals surface area contributed by atoms with Crippen LogP contribution in [0.4, 0.5) is 27.8 Å². The minimum atomic E-state index is -4.75. The Morgan fingerprint density at radius 1 is 1.17 bits per heavy atom. The Labute approximate surface area is 200 Å². The number of nitrogens with zero attached hydrogens (tertiary/aromatic N) is 4. The minimum absolute atomic E-state index is 0.0421. The molecule has 2 aliphatic rings. The van der Waals surface area contributed by atoms with E-state index in [0.717, 1.165) is 37.2 Å². The highest BCUT2D eigenvalue weighted by Gasteiger charge is 2.46. The van der Waals surface area contributed by atoms with Crippen LogP contribution in [-0.2, 0) is 19.3 Å². The van der Waals surface area contributed by atoms with Crippen molar-refractivity contribution in [1.29, 1.82) is 5.41 Å². The lowest BCUT2D eigenvalue weighted by Gasteiger charge is -2.27. The molecule has 3 aromatic rings. The van der Waals surface area contributed by atoms with Crippen molar-refractivity contribution < 1.29 is 31.4 Å². The first-order chi connectivity index (χ1) is 17.1. The fourth-order valence-electron chi connectivity index (χ4n) is 4.49. The summed E-state index contributed by atoms with van der Waals surface area (Å²) in [6, 6.07) is 4.93. The summed E-state index contributed by atoms with van der Waals surface area (Å²) in [5, 5.41) is 7.81. The van der Waals surface area contributed by atoms with Crippen molar-refractivity contribution in [2.24, 2.45) is 0 Å². The van der Waals surface area contributed by atoms with Gasteiger partial charge in [0, 0.05) is 31.1 Å². The summed E-state index contributed by atoms with van der Waals surface area (Å²) in [7, 11) is 0. The third-order valence-electron chi connectivity index (χ3n) is 6.16. The number of fused-ring (bicyclic) bond motifs is 3. The van der Waals surface area contributed by atoms with Crippen LogP contribution in [-0.4, -0.2) is 32.8 Å². The van der Waals surface area contributed by atoms with Gasteiger partial charge in [-0.15, -0.1) is 0 Å². The molecule has 36 heavy (non-hydrogen) atoms. The van der Waals surface area contributed by atoms with E-state index < -0.39 is 46.2 Å². The highest BCUT2D eigenvalue weighted by atomic mass is 19.4. The molecular formula is C23H18F5N5O3. The zero-order chi connectivity index (χ0) is 25.7. The quantitative estimate of drug-likeness (QED) is 0.395. The molecule has 0 spiro atoms. The van der Waals surface area contributed by atoms with Crippen molar-refractivity contribution in [3.8, 4) is 17.4 Å². The van der Waals surface area contributed by atoms with E-state index >= 15 is 0 Å². The van der Waals surface area contributed by atoms with Crippen molar-refractivity contribution in [2.75, 3.05) is 11.4 Å². The first-order valence-electron chi connectivity index (χ1n) is 10.8. The van der Waals surface area contributed by atoms with Gasteiger partial charge in [0.05, 0.1) is 12.1 Å². The number of alkyl halides is 3. The molecule has 13 heteroatoms. The predicted octanol–water partition coefficient (Wildman–Crippen LogP) is 4.31. The largest absolute Gasteiger partial charge is 0.473 e. The monoisotopic (exact) mass is 507 g/mol. The summed E-state index contributed by atoms with van der Waals surface area (Å²) in [5.74, 6) is -3.13. The summed E-state index contributed by atoms with van der Waals surface area (Å²) >= 11 is 0. The Kier molecular flexibility index (Phi) is 5.64. The second kappa shape index (κ2) is 8.57. The van der Waals surface area contributed by atoms with Gasteiger partial charge in [0.1, 0.15) is 23.9 Å². The summed E-state index contributed by atoms with van der Waals surface area (Å²) in [4.78, 5) is 21.5. The van der Waals surface area contributed by atoms with Gasteiger partial charge >= 0.3 is 11.9 Å². The van der Waals surface area contributed by atoms with E-state index in [0.29, 0.717) is 25.0 Å². The number of ether oxygens (including phenoxy) is 2. The maximum absolute atomic E-state index is 14.6. The van der Waals surface area contributed by atoms with Crippen LogP contribution < -0.4 is 20.1 Å². The zero-order valence-electron chi connectivity index (χ0n) is 18.5. The molecule has 188 valence electrons. The second-order valence-electron chi connectivity index (χ2n) is 8.48. The molecule has 2 aliphatic heterocycles. The number of halogens is 5. The third-order valence-corrected chi connectivity index (χ3v) is 6.16. The van der Waals surface area contributed by atoms with Crippen LogP contribution in [0, 0.1) is 17.0 Å². The average molecular weight is 507 g/mol. The van der Waals surface area contributed by atoms with Crippen LogP contribution in [0.1, 0.15) is 24.1 Å². The molecule has 1 aromatic carbocycles. The first kappa shape index (κ1) is 23.7. The highest BCUT2D eigenvalue weighted by molar-refractivity contribution is 5.76. The smallest absolute Gasteiger partial charge is 0.433 e. The minimum Gasteiger partial charge on any atom is -0.473 e. The summed E-state index contributed by atoms with van der Waals surface area (Å²) in [5.41, 5.74) is -2.35. The highest BCUT2D eigenvalue weighted by Crippen LogP contribution is 2.40. The van der Waals surface area contributed by atoms with E-state index in [-0.39, 0.29) is 18.1 Å². The van der Waals surface area contributed by atoms with Crippen molar-refractivity contribution in [1.82, 2.24) is 14.5 Å². The fourth-order valence-corrected chi connectivity index (χ4v) is 4.49. The molecule has 0 amide bonds. The Morgan fingerprint density at radius 3 is 2.61 bits per heavy atom. The maximum atomic E-state index is 14.6. The van der Waals surface area contributed by atoms with Crippen LogP contribution in [0.2, 0.25) is 0 Å². The molecule has 1 atom stereocenters. The Morgan fingerprint density at radius 2 is 1.92 bits per heavy atom. The number of rotatable bonds is 6. The molecule has 0 radical (unpaired) electrons. The number of hydrogen-bond acceptors (Lipinski definition) is 7. The molecule has 1 unspecified atom stereocenters. The number of nitrogens with one attached hydrogen (secondary N) is 1. The molecule has 1 N–H and O–H groups in total. The molecule has 1 fully saturated rings. The summed E-state index contributed by atoms with van der Waals surface area (Å²) in [6.07, 6.45) is -1.00. The van der Waals surface area contributed by atoms with Gasteiger partial charge in [-0.3, -0.25) is 9.55 Å². The van der Waals surface area contributed by atoms with Crippen molar-refractivity contribution in [3.63, 3.8) is 0 Å². The van der Waals surface area contributed by atoms with E-state index in [9.17, 15) is 26.7 Å². The van der Waals surface area contributed by atoms with E-state index in [1.165, 1.54) is 10.8 Å². The lowest BCUT2D eigenvalue weighted by Crippen LogP contribution is -2.43. The average Bonchev–Trinajstić information content (AvgIpc) is 3.38. The molecule has 0 saturated carbocycles. The van der Waals surface area contributed by atoms with Crippen LogP contribution in [0.15, 0.2) is 41.3 Å². The van der Waals surface area contributed by atoms with Gasteiger partial charge in [-0.1, -0.05) is 0 Å². The van der Waals surface area contributed by atoms with Crippen molar-refractivity contribution in [2.45, 2.75) is 37.7 Å². The Hall–Kier alpha value is -4.03. The number of anilines is 1. The fraction of sp³-hybridized carbons (Fsp3) is 0.304. The van der Waals surface area contributed by atoms with Gasteiger partial charge < -0.3 is 19.8 Å². The Bertz CT molecular complexity index is 1390. The number of pyridine rings is 1. The van der Waals surface area contributed by atoms with E-state index in [1.54, 1.807) is 6.07 Å². The third kappa shape index (κ3) is 4.14. The van der Waals surface area contributed by atoms with E-state index in [4.69, 9.17) is 14.9 Å². The molecule has 1 saturated heterocycles. The molecular weight excluding hydrogens is 489 g/mol. The van der Waals surface area contributed by atoms with Gasteiger partial charge in [-0.05, 0) is 36.6 Å². The summed E-state index contributed by atoms with van der Waals surface area (Å²) in [6.45, 7) is 0.642. The predicted molar refractivity (Wildman–Crippen MR) is 117 cm³/mol. The second-order valence-corrected chi connectivity index (χ2v) is 8.48. The molecule has 0 aliphatic carbocycles. The Balaban J connectivity index is 1.33. The first-order valence-corrected chi connectivity index (χ1v) is 10.8. The lowest BCUT2D eigenvalue weighted by molar-refractivity contribution is -0.141. The molecule has 4 heterocycles. The van der Waals surface area contributed by atoms with Gasteiger partial charge in [0.25, 0.3) is 0 Å². The molecule has 5 rings (SSSR count). The number of benzene rings is 1. The number of hydrogen-bond donors (Lipinski definition) is 1. The lowest BCUT2D eigenvalue weighted by atomic mass is 9.99. The van der Waals surface area contributed by atoms with E-state index in [2.05, 4.69) is 9.97 Å². The van der Waals surface area contributed by atoms with Gasteiger partial charge in [0.2, 0.25) is 5.88 Å². The van der Waals surface area contributed by atoms with Crippen LogP contribution in [0.25, 0.3) is 0 Å². The zero-order valence-corrected chi connectivity index (χ0v) is 18.5. The van der Waals surface area contributed by atoms with Gasteiger partial charge in [-0.25, -0.2) is 13.6 Å². The van der Waals surface area contributed by atoms with Crippen molar-refractivity contribution >= 4 is 12.0 Å². The standard InChI is InChI=1S/C23H18F5N5O3/c24-15-6-13(7-16(25)20(15)36-14-2-4-30-17(8-14)23(26,27)28)10-35-18-9-19-32(21(34)31-18)12-22(11-29)3-1-5-33(19)22/h2,4,6-9,11,29H,1,3,5,10,12H2. The van der Waals surface area contributed by atoms with E-state index in [1.807, 2.05) is 4.90 Å². The van der Waals surface area contributed by atoms with Crippen LogP contribution >= 0.6 is 0 Å². The normalized spacial score (nSPS) is 18.6. The topological polar surface area (TPSA) is 93.3 Å². The van der Waals surface area contributed by atoms with Gasteiger partial charge in [-0.2, -0.15) is 18.2 Å². The van der Waals surface area contributed by atoms with Crippen LogP contribution in [0.3, 0.4) is 0 Å². The molecule has 2 aromatic heterocycles. The molecule has 0 bridgehead atoms. The number of aromatic nitrogens is 3. The van der Waals surface area contributed by atoms with Crippen LogP contribution in [0.5, 0.6) is 17.4 Å².